The zero-order valence-electron chi connectivity index (χ0n) is 9.97. The predicted octanol–water partition coefficient (Wildman–Crippen LogP) is 2.46. The lowest BCUT2D eigenvalue weighted by Crippen LogP contribution is -2.50. The minimum Gasteiger partial charge on any atom is -0.392 e. The third kappa shape index (κ3) is 3.18. The molecule has 2 rings (SSSR count). The van der Waals surface area contributed by atoms with Crippen LogP contribution in [0, 0.1) is 5.92 Å². The van der Waals surface area contributed by atoms with Crippen molar-refractivity contribution >= 4 is 0 Å². The number of β-amino-alcohol motifs (C(OH)–C–C–N with tert-alkyl or cyclic N) is 1. The van der Waals surface area contributed by atoms with E-state index in [1.807, 2.05) is 0 Å². The van der Waals surface area contributed by atoms with Crippen molar-refractivity contribution in [1.29, 1.82) is 0 Å². The van der Waals surface area contributed by atoms with Gasteiger partial charge in [-0.25, -0.2) is 0 Å². The summed E-state index contributed by atoms with van der Waals surface area (Å²) in [6.45, 7) is 3.08. The summed E-state index contributed by atoms with van der Waals surface area (Å²) in [5, 5.41) is 13.4. The number of aliphatic hydroxyl groups is 1. The molecule has 2 aliphatic rings. The molecule has 2 nitrogen and oxygen atoms in total. The molecule has 2 fully saturated rings. The summed E-state index contributed by atoms with van der Waals surface area (Å²) >= 11 is 0. The van der Waals surface area contributed by atoms with E-state index in [0.717, 1.165) is 18.9 Å². The number of aliphatic hydroxyl groups excluding tert-OH is 1. The molecule has 2 saturated carbocycles. The van der Waals surface area contributed by atoms with Crippen LogP contribution in [0.4, 0.5) is 0 Å². The number of hydrogen-bond acceptors (Lipinski definition) is 2. The van der Waals surface area contributed by atoms with Gasteiger partial charge < -0.3 is 10.4 Å². The Morgan fingerprint density at radius 2 is 1.93 bits per heavy atom. The Labute approximate surface area is 93.5 Å². The summed E-state index contributed by atoms with van der Waals surface area (Å²) in [5.41, 5.74) is 0.344. The summed E-state index contributed by atoms with van der Waals surface area (Å²) in [5.74, 6) is 0.802. The molecule has 0 radical (unpaired) electrons. The van der Waals surface area contributed by atoms with Gasteiger partial charge in [0.2, 0.25) is 0 Å². The summed E-state index contributed by atoms with van der Waals surface area (Å²) in [7, 11) is 0. The van der Waals surface area contributed by atoms with Crippen molar-refractivity contribution in [2.75, 3.05) is 6.54 Å². The zero-order valence-corrected chi connectivity index (χ0v) is 9.97. The Morgan fingerprint density at radius 1 is 1.27 bits per heavy atom. The lowest BCUT2D eigenvalue weighted by atomic mass is 9.78. The van der Waals surface area contributed by atoms with Gasteiger partial charge in [0.1, 0.15) is 0 Å². The highest BCUT2D eigenvalue weighted by molar-refractivity contribution is 4.92. The fourth-order valence-corrected chi connectivity index (χ4v) is 2.96. The molecule has 1 unspecified atom stereocenters. The Hall–Kier alpha value is -0.0800. The Bertz CT molecular complexity index is 195. The van der Waals surface area contributed by atoms with Crippen molar-refractivity contribution in [2.45, 2.75) is 69.9 Å². The molecule has 1 atom stereocenters. The van der Waals surface area contributed by atoms with Gasteiger partial charge >= 0.3 is 0 Å². The summed E-state index contributed by atoms with van der Waals surface area (Å²) in [6, 6.07) is 0. The van der Waals surface area contributed by atoms with Gasteiger partial charge in [0.15, 0.2) is 0 Å². The summed E-state index contributed by atoms with van der Waals surface area (Å²) < 4.78 is 0. The molecule has 0 aromatic carbocycles. The smallest absolute Gasteiger partial charge is 0.0667 e. The van der Waals surface area contributed by atoms with E-state index in [-0.39, 0.29) is 6.10 Å². The number of nitrogens with one attached hydrogen (secondary N) is 1. The molecule has 2 N–H and O–H groups in total. The van der Waals surface area contributed by atoms with E-state index in [2.05, 4.69) is 12.2 Å². The first-order valence-corrected chi connectivity index (χ1v) is 6.61. The molecular weight excluding hydrogens is 186 g/mol. The van der Waals surface area contributed by atoms with Gasteiger partial charge in [-0.15, -0.1) is 0 Å². The van der Waals surface area contributed by atoms with Crippen LogP contribution in [0.1, 0.15) is 58.3 Å². The van der Waals surface area contributed by atoms with Crippen LogP contribution in [0.5, 0.6) is 0 Å². The maximum absolute atomic E-state index is 9.93. The SMILES string of the molecule is CC1(NCC(O)CC2CCCC2)CCC1. The number of hydrogen-bond donors (Lipinski definition) is 2. The van der Waals surface area contributed by atoms with Crippen LogP contribution in [0.25, 0.3) is 0 Å². The lowest BCUT2D eigenvalue weighted by molar-refractivity contribution is 0.111. The van der Waals surface area contributed by atoms with Crippen molar-refractivity contribution in [2.24, 2.45) is 5.92 Å². The van der Waals surface area contributed by atoms with Gasteiger partial charge in [0, 0.05) is 12.1 Å². The third-order valence-electron chi connectivity index (χ3n) is 4.30. The normalized spacial score (nSPS) is 27.6. The summed E-state index contributed by atoms with van der Waals surface area (Å²) in [6.07, 6.45) is 10.2. The van der Waals surface area contributed by atoms with E-state index in [4.69, 9.17) is 0 Å². The van der Waals surface area contributed by atoms with Crippen molar-refractivity contribution in [1.82, 2.24) is 5.32 Å². The largest absolute Gasteiger partial charge is 0.392 e. The van der Waals surface area contributed by atoms with Crippen LogP contribution in [0.15, 0.2) is 0 Å². The van der Waals surface area contributed by atoms with Gasteiger partial charge in [-0.05, 0) is 38.5 Å². The molecule has 2 aliphatic carbocycles. The molecule has 15 heavy (non-hydrogen) atoms. The standard InChI is InChI=1S/C13H25NO/c1-13(7-4-8-13)14-10-12(15)9-11-5-2-3-6-11/h11-12,14-15H,2-10H2,1H3. The van der Waals surface area contributed by atoms with Gasteiger partial charge in [0.25, 0.3) is 0 Å². The van der Waals surface area contributed by atoms with Crippen LogP contribution in [-0.2, 0) is 0 Å². The highest BCUT2D eigenvalue weighted by atomic mass is 16.3. The average Bonchev–Trinajstić information content (AvgIpc) is 2.64. The molecule has 0 aromatic heterocycles. The molecule has 2 heteroatoms. The van der Waals surface area contributed by atoms with Gasteiger partial charge in [-0.3, -0.25) is 0 Å². The molecule has 88 valence electrons. The quantitative estimate of drug-likeness (QED) is 0.732. The average molecular weight is 211 g/mol. The van der Waals surface area contributed by atoms with E-state index in [9.17, 15) is 5.11 Å². The van der Waals surface area contributed by atoms with Crippen LogP contribution in [-0.4, -0.2) is 23.3 Å². The minimum absolute atomic E-state index is 0.120. The van der Waals surface area contributed by atoms with E-state index < -0.39 is 0 Å². The summed E-state index contributed by atoms with van der Waals surface area (Å²) in [4.78, 5) is 0. The van der Waals surface area contributed by atoms with Crippen molar-refractivity contribution < 1.29 is 5.11 Å². The molecule has 0 aliphatic heterocycles. The van der Waals surface area contributed by atoms with Crippen molar-refractivity contribution in [3.05, 3.63) is 0 Å². The van der Waals surface area contributed by atoms with E-state index in [1.54, 1.807) is 0 Å². The second-order valence-corrected chi connectivity index (χ2v) is 5.84. The Balaban J connectivity index is 1.61. The second-order valence-electron chi connectivity index (χ2n) is 5.84. The first-order valence-electron chi connectivity index (χ1n) is 6.61. The highest BCUT2D eigenvalue weighted by Gasteiger charge is 2.31. The van der Waals surface area contributed by atoms with E-state index in [1.165, 1.54) is 44.9 Å². The van der Waals surface area contributed by atoms with Crippen molar-refractivity contribution in [3.8, 4) is 0 Å². The minimum atomic E-state index is -0.120. The van der Waals surface area contributed by atoms with Crippen LogP contribution >= 0.6 is 0 Å². The first kappa shape index (κ1) is 11.4. The molecule has 0 aromatic rings. The van der Waals surface area contributed by atoms with Gasteiger partial charge in [-0.2, -0.15) is 0 Å². The lowest BCUT2D eigenvalue weighted by Gasteiger charge is -2.40. The Morgan fingerprint density at radius 3 is 2.47 bits per heavy atom. The monoisotopic (exact) mass is 211 g/mol. The molecule has 0 amide bonds. The van der Waals surface area contributed by atoms with Crippen molar-refractivity contribution in [3.63, 3.8) is 0 Å². The molecule has 0 heterocycles. The van der Waals surface area contributed by atoms with E-state index in [0.29, 0.717) is 5.54 Å². The molecule has 0 spiro atoms. The maximum Gasteiger partial charge on any atom is 0.0667 e. The topological polar surface area (TPSA) is 32.3 Å². The first-order chi connectivity index (χ1) is 7.18. The fourth-order valence-electron chi connectivity index (χ4n) is 2.96. The fraction of sp³-hybridized carbons (Fsp3) is 1.00. The highest BCUT2D eigenvalue weighted by Crippen LogP contribution is 2.31. The maximum atomic E-state index is 9.93. The molecule has 0 bridgehead atoms. The third-order valence-corrected chi connectivity index (χ3v) is 4.30. The van der Waals surface area contributed by atoms with Gasteiger partial charge in [0.05, 0.1) is 6.10 Å². The Kier molecular flexibility index (Phi) is 3.68. The van der Waals surface area contributed by atoms with E-state index >= 15 is 0 Å². The van der Waals surface area contributed by atoms with Crippen LogP contribution < -0.4 is 5.32 Å². The molecular formula is C13H25NO. The second kappa shape index (κ2) is 4.84. The van der Waals surface area contributed by atoms with Gasteiger partial charge in [-0.1, -0.05) is 25.7 Å². The predicted molar refractivity (Wildman–Crippen MR) is 62.8 cm³/mol. The number of rotatable bonds is 5. The van der Waals surface area contributed by atoms with Crippen LogP contribution in [0.3, 0.4) is 0 Å². The van der Waals surface area contributed by atoms with Crippen LogP contribution in [0.2, 0.25) is 0 Å². The zero-order chi connectivity index (χ0) is 10.7. The molecule has 0 saturated heterocycles.